The van der Waals surface area contributed by atoms with Gasteiger partial charge in [-0.3, -0.25) is 4.79 Å². The summed E-state index contributed by atoms with van der Waals surface area (Å²) in [6.45, 7) is 3.38. The van der Waals surface area contributed by atoms with Gasteiger partial charge < -0.3 is 28.4 Å². The Labute approximate surface area is 190 Å². The van der Waals surface area contributed by atoms with Crippen LogP contribution in [0.15, 0.2) is 42.2 Å². The molecular weight excluding hydrogens is 412 g/mol. The van der Waals surface area contributed by atoms with Crippen LogP contribution in [0.1, 0.15) is 38.2 Å². The molecule has 1 aromatic carbocycles. The van der Waals surface area contributed by atoms with Gasteiger partial charge in [0.2, 0.25) is 0 Å². The minimum Gasteiger partial charge on any atom is -0.491 e. The molecule has 4 rings (SSSR count). The Morgan fingerprint density at radius 2 is 1.94 bits per heavy atom. The summed E-state index contributed by atoms with van der Waals surface area (Å²) in [6.07, 6.45) is 3.38. The quantitative estimate of drug-likeness (QED) is 0.607. The number of benzene rings is 1. The van der Waals surface area contributed by atoms with Crippen molar-refractivity contribution >= 4 is 5.78 Å². The second-order valence-corrected chi connectivity index (χ2v) is 8.90. The van der Waals surface area contributed by atoms with E-state index in [0.29, 0.717) is 38.4 Å². The summed E-state index contributed by atoms with van der Waals surface area (Å²) >= 11 is 0. The van der Waals surface area contributed by atoms with Crippen LogP contribution in [0.25, 0.3) is 0 Å². The molecule has 32 heavy (non-hydrogen) atoms. The summed E-state index contributed by atoms with van der Waals surface area (Å²) in [6, 6.07) is 10.1. The van der Waals surface area contributed by atoms with Gasteiger partial charge in [-0.25, -0.2) is 0 Å². The van der Waals surface area contributed by atoms with Crippen LogP contribution in [-0.4, -0.2) is 69.3 Å². The van der Waals surface area contributed by atoms with E-state index >= 15 is 0 Å². The number of carbonyl (C=O) groups excluding carboxylic acids is 1. The molecule has 2 fully saturated rings. The van der Waals surface area contributed by atoms with E-state index in [1.165, 1.54) is 0 Å². The van der Waals surface area contributed by atoms with Crippen molar-refractivity contribution in [1.29, 1.82) is 0 Å². The van der Waals surface area contributed by atoms with Crippen LogP contribution in [-0.2, 0) is 39.8 Å². The molecular formula is C25H34O7. The second-order valence-electron chi connectivity index (χ2n) is 8.90. The summed E-state index contributed by atoms with van der Waals surface area (Å²) in [7, 11) is 3.26. The van der Waals surface area contributed by atoms with Gasteiger partial charge in [0.15, 0.2) is 11.4 Å². The van der Waals surface area contributed by atoms with Crippen molar-refractivity contribution in [2.75, 3.05) is 27.4 Å². The third-order valence-electron chi connectivity index (χ3n) is 6.67. The minimum absolute atomic E-state index is 0.0442. The molecule has 3 heterocycles. The highest BCUT2D eigenvalue weighted by atomic mass is 16.6. The van der Waals surface area contributed by atoms with Crippen molar-refractivity contribution in [1.82, 2.24) is 0 Å². The molecule has 3 aliphatic heterocycles. The van der Waals surface area contributed by atoms with E-state index in [0.717, 1.165) is 18.4 Å². The number of carbonyl (C=O) groups is 1. The van der Waals surface area contributed by atoms with Crippen molar-refractivity contribution in [2.24, 2.45) is 0 Å². The third kappa shape index (κ3) is 5.07. The van der Waals surface area contributed by atoms with Crippen molar-refractivity contribution in [3.05, 3.63) is 47.7 Å². The maximum Gasteiger partial charge on any atom is 0.194 e. The molecule has 7 nitrogen and oxygen atoms in total. The summed E-state index contributed by atoms with van der Waals surface area (Å²) in [5.41, 5.74) is 0.0877. The zero-order chi connectivity index (χ0) is 22.6. The fraction of sp³-hybridized carbons (Fsp3) is 0.640. The minimum atomic E-state index is -1.04. The van der Waals surface area contributed by atoms with Crippen molar-refractivity contribution in [3.63, 3.8) is 0 Å². The highest BCUT2D eigenvalue weighted by molar-refractivity contribution is 5.98. The van der Waals surface area contributed by atoms with Crippen LogP contribution in [0.2, 0.25) is 0 Å². The Kier molecular flexibility index (Phi) is 7.63. The van der Waals surface area contributed by atoms with Crippen LogP contribution in [0, 0.1) is 0 Å². The van der Waals surface area contributed by atoms with Crippen LogP contribution < -0.4 is 0 Å². The van der Waals surface area contributed by atoms with Crippen LogP contribution in [0.3, 0.4) is 0 Å². The van der Waals surface area contributed by atoms with Crippen molar-refractivity contribution < 1.29 is 33.2 Å². The van der Waals surface area contributed by atoms with E-state index in [2.05, 4.69) is 12.1 Å². The predicted octanol–water partition coefficient (Wildman–Crippen LogP) is 3.20. The Morgan fingerprint density at radius 1 is 1.12 bits per heavy atom. The monoisotopic (exact) mass is 446 g/mol. The normalized spacial score (nSPS) is 35.0. The second kappa shape index (κ2) is 10.4. The molecule has 7 heteroatoms. The van der Waals surface area contributed by atoms with Gasteiger partial charge in [-0.2, -0.15) is 0 Å². The van der Waals surface area contributed by atoms with Gasteiger partial charge in [0.05, 0.1) is 31.5 Å². The molecule has 0 radical (unpaired) electrons. The first kappa shape index (κ1) is 23.4. The highest BCUT2D eigenvalue weighted by Crippen LogP contribution is 2.39. The van der Waals surface area contributed by atoms with Gasteiger partial charge in [-0.15, -0.1) is 0 Å². The predicted molar refractivity (Wildman–Crippen MR) is 117 cm³/mol. The SMILES string of the molecule is COC[C@H]1O[C@@]2(C)C(=O)C=C(C[C@H]3OCCC[C@@H]3OCc3ccccc3)O[C@@H]2C[C@@H]1OC. The fourth-order valence-corrected chi connectivity index (χ4v) is 4.77. The van der Waals surface area contributed by atoms with Gasteiger partial charge in [0.1, 0.15) is 18.0 Å². The smallest absolute Gasteiger partial charge is 0.194 e. The molecule has 0 spiro atoms. The molecule has 0 saturated carbocycles. The lowest BCUT2D eigenvalue weighted by atomic mass is 9.82. The summed E-state index contributed by atoms with van der Waals surface area (Å²) < 4.78 is 35.6. The topological polar surface area (TPSA) is 72.5 Å². The van der Waals surface area contributed by atoms with E-state index in [1.807, 2.05) is 18.2 Å². The number of hydrogen-bond donors (Lipinski definition) is 0. The summed E-state index contributed by atoms with van der Waals surface area (Å²) in [5, 5.41) is 0. The van der Waals surface area contributed by atoms with Gasteiger partial charge in [0.25, 0.3) is 0 Å². The summed E-state index contributed by atoms with van der Waals surface area (Å²) in [4.78, 5) is 13.1. The lowest BCUT2D eigenvalue weighted by Gasteiger charge is -2.48. The molecule has 0 aromatic heterocycles. The number of ether oxygens (including phenoxy) is 6. The average molecular weight is 447 g/mol. The first-order chi connectivity index (χ1) is 15.5. The molecule has 0 bridgehead atoms. The van der Waals surface area contributed by atoms with Gasteiger partial charge in [-0.05, 0) is 25.3 Å². The molecule has 6 atom stereocenters. The average Bonchev–Trinajstić information content (AvgIpc) is 2.80. The molecule has 0 amide bonds. The summed E-state index contributed by atoms with van der Waals surface area (Å²) in [5.74, 6) is 0.540. The van der Waals surface area contributed by atoms with Crippen LogP contribution >= 0.6 is 0 Å². The van der Waals surface area contributed by atoms with E-state index in [1.54, 1.807) is 27.2 Å². The van der Waals surface area contributed by atoms with Gasteiger partial charge in [0, 0.05) is 39.7 Å². The Bertz CT molecular complexity index is 795. The van der Waals surface area contributed by atoms with E-state index in [9.17, 15) is 4.79 Å². The van der Waals surface area contributed by atoms with Crippen molar-refractivity contribution in [2.45, 2.75) is 75.3 Å². The number of rotatable bonds is 8. The number of methoxy groups -OCH3 is 2. The molecule has 176 valence electrons. The van der Waals surface area contributed by atoms with Crippen LogP contribution in [0.5, 0.6) is 0 Å². The van der Waals surface area contributed by atoms with Crippen molar-refractivity contribution in [3.8, 4) is 0 Å². The Hall–Kier alpha value is -1.77. The maximum absolute atomic E-state index is 13.1. The number of ketones is 1. The Balaban J connectivity index is 1.42. The first-order valence-corrected chi connectivity index (χ1v) is 11.4. The van der Waals surface area contributed by atoms with Crippen LogP contribution in [0.4, 0.5) is 0 Å². The van der Waals surface area contributed by atoms with E-state index in [-0.39, 0.29) is 30.2 Å². The van der Waals surface area contributed by atoms with E-state index < -0.39 is 11.7 Å². The largest absolute Gasteiger partial charge is 0.491 e. The van der Waals surface area contributed by atoms with Gasteiger partial charge >= 0.3 is 0 Å². The lowest BCUT2D eigenvalue weighted by molar-refractivity contribution is -0.235. The zero-order valence-electron chi connectivity index (χ0n) is 19.2. The first-order valence-electron chi connectivity index (χ1n) is 11.4. The fourth-order valence-electron chi connectivity index (χ4n) is 4.77. The van der Waals surface area contributed by atoms with E-state index in [4.69, 9.17) is 28.4 Å². The molecule has 0 aliphatic carbocycles. The molecule has 0 unspecified atom stereocenters. The highest BCUT2D eigenvalue weighted by Gasteiger charge is 2.54. The maximum atomic E-state index is 13.1. The molecule has 2 saturated heterocycles. The zero-order valence-corrected chi connectivity index (χ0v) is 19.2. The molecule has 3 aliphatic rings. The Morgan fingerprint density at radius 3 is 2.69 bits per heavy atom. The standard InChI is InChI=1S/C25H34O7/c1-25-23(26)13-18(31-24(25)14-20(28-3)22(32-25)16-27-2)12-21-19(10-7-11-29-21)30-15-17-8-5-4-6-9-17/h4-6,8-9,13,19-22,24H,7,10-12,14-16H2,1-3H3/t19-,20-,21+,22+,24+,25-/m0/s1. The number of fused-ring (bicyclic) bond motifs is 1. The molecule has 0 N–H and O–H groups in total. The third-order valence-corrected chi connectivity index (χ3v) is 6.67. The lowest BCUT2D eigenvalue weighted by Crippen LogP contribution is -2.62. The number of hydrogen-bond acceptors (Lipinski definition) is 7. The van der Waals surface area contributed by atoms with Gasteiger partial charge in [-0.1, -0.05) is 30.3 Å². The molecule has 1 aromatic rings.